The Morgan fingerprint density at radius 2 is 2.07 bits per heavy atom. The summed E-state index contributed by atoms with van der Waals surface area (Å²) in [5.74, 6) is -0.317. The number of carbonyl (C=O) groups excluding carboxylic acids is 1. The van der Waals surface area contributed by atoms with Crippen LogP contribution in [0.15, 0.2) is 24.3 Å². The van der Waals surface area contributed by atoms with Gasteiger partial charge in [-0.1, -0.05) is 23.7 Å². The van der Waals surface area contributed by atoms with Gasteiger partial charge in [-0.05, 0) is 37.1 Å². The highest BCUT2D eigenvalue weighted by Crippen LogP contribution is 2.31. The number of hydrogen-bond donors (Lipinski definition) is 2. The summed E-state index contributed by atoms with van der Waals surface area (Å²) in [7, 11) is 0. The van der Waals surface area contributed by atoms with Gasteiger partial charge in [0.25, 0.3) is 0 Å². The molecule has 1 heterocycles. The van der Waals surface area contributed by atoms with Crippen molar-refractivity contribution in [1.82, 2.24) is 5.32 Å². The zero-order valence-corrected chi connectivity index (χ0v) is 9.05. The molecule has 3 N–H and O–H groups in total. The lowest BCUT2D eigenvalue weighted by Crippen LogP contribution is -2.48. The third-order valence-corrected chi connectivity index (χ3v) is 3.16. The highest BCUT2D eigenvalue weighted by atomic mass is 35.5. The molecule has 3 nitrogen and oxygen atoms in total. The molecule has 0 saturated carbocycles. The molecule has 1 atom stereocenters. The molecular weight excluding hydrogens is 212 g/mol. The van der Waals surface area contributed by atoms with Gasteiger partial charge in [-0.15, -0.1) is 0 Å². The standard InChI is InChI=1S/C11H13ClN2O/c12-9-4-2-8(3-5-9)11(10(13)15)6-1-7-14-11/h2-5,14H,1,6-7H2,(H2,13,15)/t11-/m1/s1. The van der Waals surface area contributed by atoms with Gasteiger partial charge in [-0.2, -0.15) is 0 Å². The Kier molecular flexibility index (Phi) is 2.67. The molecule has 0 bridgehead atoms. The van der Waals surface area contributed by atoms with Crippen LogP contribution in [-0.4, -0.2) is 12.5 Å². The van der Waals surface area contributed by atoms with E-state index in [1.165, 1.54) is 0 Å². The van der Waals surface area contributed by atoms with Crippen LogP contribution in [-0.2, 0) is 10.3 Å². The van der Waals surface area contributed by atoms with E-state index in [0.717, 1.165) is 24.9 Å². The lowest BCUT2D eigenvalue weighted by Gasteiger charge is -2.26. The Bertz CT molecular complexity index is 369. The molecule has 80 valence electrons. The molecule has 0 spiro atoms. The summed E-state index contributed by atoms with van der Waals surface area (Å²) in [6.07, 6.45) is 1.72. The summed E-state index contributed by atoms with van der Waals surface area (Å²) in [5.41, 5.74) is 5.68. The number of rotatable bonds is 2. The van der Waals surface area contributed by atoms with Gasteiger partial charge in [0.05, 0.1) is 0 Å². The van der Waals surface area contributed by atoms with Crippen LogP contribution in [0.5, 0.6) is 0 Å². The van der Waals surface area contributed by atoms with Crippen molar-refractivity contribution in [3.05, 3.63) is 34.9 Å². The Morgan fingerprint density at radius 1 is 1.40 bits per heavy atom. The third-order valence-electron chi connectivity index (χ3n) is 2.91. The van der Waals surface area contributed by atoms with Gasteiger partial charge in [0.15, 0.2) is 0 Å². The summed E-state index contributed by atoms with van der Waals surface area (Å²) < 4.78 is 0. The Balaban J connectivity index is 2.41. The van der Waals surface area contributed by atoms with E-state index in [-0.39, 0.29) is 5.91 Å². The summed E-state index contributed by atoms with van der Waals surface area (Å²) in [5, 5.41) is 3.85. The number of carbonyl (C=O) groups is 1. The summed E-state index contributed by atoms with van der Waals surface area (Å²) >= 11 is 5.81. The highest BCUT2D eigenvalue weighted by Gasteiger charge is 2.40. The molecule has 2 rings (SSSR count). The van der Waals surface area contributed by atoms with Crippen LogP contribution in [0.1, 0.15) is 18.4 Å². The van der Waals surface area contributed by atoms with Crippen LogP contribution in [0.2, 0.25) is 5.02 Å². The van der Waals surface area contributed by atoms with Crippen LogP contribution in [0.25, 0.3) is 0 Å². The fourth-order valence-corrected chi connectivity index (χ4v) is 2.20. The zero-order chi connectivity index (χ0) is 10.9. The number of halogens is 1. The predicted octanol–water partition coefficient (Wildman–Crippen LogP) is 1.40. The molecule has 1 aromatic carbocycles. The Labute approximate surface area is 93.6 Å². The molecule has 15 heavy (non-hydrogen) atoms. The lowest BCUT2D eigenvalue weighted by molar-refractivity contribution is -0.124. The van der Waals surface area contributed by atoms with Crippen molar-refractivity contribution in [1.29, 1.82) is 0 Å². The van der Waals surface area contributed by atoms with E-state index >= 15 is 0 Å². The average molecular weight is 225 g/mol. The summed E-state index contributed by atoms with van der Waals surface area (Å²) in [6, 6.07) is 7.26. The van der Waals surface area contributed by atoms with Crippen LogP contribution in [0.4, 0.5) is 0 Å². The van der Waals surface area contributed by atoms with Gasteiger partial charge in [0.1, 0.15) is 5.54 Å². The van der Waals surface area contributed by atoms with E-state index in [1.54, 1.807) is 12.1 Å². The Morgan fingerprint density at radius 3 is 2.53 bits per heavy atom. The second-order valence-electron chi connectivity index (χ2n) is 3.81. The van der Waals surface area contributed by atoms with Crippen LogP contribution in [0, 0.1) is 0 Å². The molecule has 0 aromatic heterocycles. The minimum atomic E-state index is -0.690. The van der Waals surface area contributed by atoms with Gasteiger partial charge < -0.3 is 5.73 Å². The molecule has 0 aliphatic carbocycles. The first-order chi connectivity index (χ1) is 7.15. The maximum atomic E-state index is 11.5. The molecule has 1 aliphatic heterocycles. The van der Waals surface area contributed by atoms with Crippen LogP contribution >= 0.6 is 11.6 Å². The maximum absolute atomic E-state index is 11.5. The smallest absolute Gasteiger partial charge is 0.242 e. The van der Waals surface area contributed by atoms with Crippen molar-refractivity contribution in [2.75, 3.05) is 6.54 Å². The molecule has 0 unspecified atom stereocenters. The second-order valence-corrected chi connectivity index (χ2v) is 4.24. The van der Waals surface area contributed by atoms with Crippen molar-refractivity contribution < 1.29 is 4.79 Å². The van der Waals surface area contributed by atoms with Crippen molar-refractivity contribution in [3.8, 4) is 0 Å². The first-order valence-corrected chi connectivity index (χ1v) is 5.34. The largest absolute Gasteiger partial charge is 0.368 e. The first-order valence-electron chi connectivity index (χ1n) is 4.96. The molecule has 0 radical (unpaired) electrons. The fraction of sp³-hybridized carbons (Fsp3) is 0.364. The number of hydrogen-bond acceptors (Lipinski definition) is 2. The van der Waals surface area contributed by atoms with E-state index in [0.29, 0.717) is 5.02 Å². The predicted molar refractivity (Wildman–Crippen MR) is 59.6 cm³/mol. The van der Waals surface area contributed by atoms with E-state index in [4.69, 9.17) is 17.3 Å². The molecule has 1 amide bonds. The SMILES string of the molecule is NC(=O)[C@]1(c2ccc(Cl)cc2)CCCN1. The average Bonchev–Trinajstić information content (AvgIpc) is 2.69. The van der Waals surface area contributed by atoms with Crippen molar-refractivity contribution in [2.24, 2.45) is 5.73 Å². The van der Waals surface area contributed by atoms with Crippen molar-refractivity contribution >= 4 is 17.5 Å². The molecule has 1 saturated heterocycles. The van der Waals surface area contributed by atoms with E-state index in [1.807, 2.05) is 12.1 Å². The quantitative estimate of drug-likeness (QED) is 0.798. The zero-order valence-electron chi connectivity index (χ0n) is 8.29. The van der Waals surface area contributed by atoms with Gasteiger partial charge >= 0.3 is 0 Å². The maximum Gasteiger partial charge on any atom is 0.242 e. The van der Waals surface area contributed by atoms with E-state index in [9.17, 15) is 4.79 Å². The topological polar surface area (TPSA) is 55.1 Å². The normalized spacial score (nSPS) is 25.4. The van der Waals surface area contributed by atoms with Gasteiger partial charge in [0, 0.05) is 5.02 Å². The van der Waals surface area contributed by atoms with E-state index < -0.39 is 5.54 Å². The molecule has 4 heteroatoms. The summed E-state index contributed by atoms with van der Waals surface area (Å²) in [4.78, 5) is 11.5. The monoisotopic (exact) mass is 224 g/mol. The Hall–Kier alpha value is -1.06. The van der Waals surface area contributed by atoms with Crippen LogP contribution < -0.4 is 11.1 Å². The molecule has 1 aromatic rings. The number of benzene rings is 1. The second kappa shape index (κ2) is 3.83. The van der Waals surface area contributed by atoms with Crippen molar-refractivity contribution in [2.45, 2.75) is 18.4 Å². The fourth-order valence-electron chi connectivity index (χ4n) is 2.08. The highest BCUT2D eigenvalue weighted by molar-refractivity contribution is 6.30. The number of nitrogens with two attached hydrogens (primary N) is 1. The number of nitrogens with one attached hydrogen (secondary N) is 1. The van der Waals surface area contributed by atoms with Crippen molar-refractivity contribution in [3.63, 3.8) is 0 Å². The molecule has 1 fully saturated rings. The number of primary amides is 1. The third kappa shape index (κ3) is 1.73. The molecule has 1 aliphatic rings. The van der Waals surface area contributed by atoms with Gasteiger partial charge in [-0.3, -0.25) is 10.1 Å². The minimum Gasteiger partial charge on any atom is -0.368 e. The first kappa shape index (κ1) is 10.5. The van der Waals surface area contributed by atoms with E-state index in [2.05, 4.69) is 5.32 Å². The lowest BCUT2D eigenvalue weighted by atomic mass is 9.88. The summed E-state index contributed by atoms with van der Waals surface area (Å²) in [6.45, 7) is 0.825. The van der Waals surface area contributed by atoms with Crippen LogP contribution in [0.3, 0.4) is 0 Å². The molecular formula is C11H13ClN2O. The van der Waals surface area contributed by atoms with Gasteiger partial charge in [-0.25, -0.2) is 0 Å². The number of amides is 1. The van der Waals surface area contributed by atoms with Gasteiger partial charge in [0.2, 0.25) is 5.91 Å². The minimum absolute atomic E-state index is 0.317.